The number of anilines is 3. The number of piperazine rings is 1. The van der Waals surface area contributed by atoms with Crippen LogP contribution >= 0.6 is 0 Å². The number of hydrogen-bond acceptors (Lipinski definition) is 5. The van der Waals surface area contributed by atoms with E-state index in [0.717, 1.165) is 44.2 Å². The number of furan rings is 1. The van der Waals surface area contributed by atoms with E-state index in [0.29, 0.717) is 17.8 Å². The quantitative estimate of drug-likeness (QED) is 0.350. The van der Waals surface area contributed by atoms with Crippen LogP contribution in [0, 0.1) is 12.8 Å². The monoisotopic (exact) mass is 514 g/mol. The first kappa shape index (κ1) is 25.9. The summed E-state index contributed by atoms with van der Waals surface area (Å²) in [5.74, 6) is 0.618. The van der Waals surface area contributed by atoms with E-state index in [1.165, 1.54) is 49.6 Å². The molecule has 0 spiro atoms. The molecule has 2 N–H and O–H groups in total. The largest absolute Gasteiger partial charge is 0.459 e. The number of carbonyl (C=O) groups is 2. The molecular weight excluding hydrogens is 476 g/mol. The molecule has 0 radical (unpaired) electrons. The molecule has 1 saturated carbocycles. The third-order valence-electron chi connectivity index (χ3n) is 7.88. The van der Waals surface area contributed by atoms with Gasteiger partial charge in [0.15, 0.2) is 5.76 Å². The summed E-state index contributed by atoms with van der Waals surface area (Å²) < 4.78 is 5.30. The van der Waals surface area contributed by atoms with Gasteiger partial charge in [-0.25, -0.2) is 0 Å². The molecule has 2 aromatic carbocycles. The number of aryl methyl sites for hydroxylation is 1. The second-order valence-corrected chi connectivity index (χ2v) is 10.5. The van der Waals surface area contributed by atoms with Gasteiger partial charge in [-0.3, -0.25) is 9.59 Å². The van der Waals surface area contributed by atoms with Gasteiger partial charge in [0.1, 0.15) is 0 Å². The average molecular weight is 515 g/mol. The first-order valence-electron chi connectivity index (χ1n) is 13.9. The van der Waals surface area contributed by atoms with Crippen LogP contribution in [0.25, 0.3) is 0 Å². The van der Waals surface area contributed by atoms with Crippen molar-refractivity contribution in [1.29, 1.82) is 0 Å². The van der Waals surface area contributed by atoms with Crippen molar-refractivity contribution in [3.8, 4) is 0 Å². The van der Waals surface area contributed by atoms with Crippen LogP contribution in [-0.2, 0) is 0 Å². The Morgan fingerprint density at radius 3 is 2.34 bits per heavy atom. The summed E-state index contributed by atoms with van der Waals surface area (Å²) in [4.78, 5) is 30.5. The normalized spacial score (nSPS) is 16.0. The molecule has 1 aromatic heterocycles. The number of carbonyl (C=O) groups excluding carboxylic acids is 2. The van der Waals surface area contributed by atoms with Gasteiger partial charge in [0.05, 0.1) is 17.6 Å². The van der Waals surface area contributed by atoms with Gasteiger partial charge in [-0.15, -0.1) is 0 Å². The number of para-hydroxylation sites is 1. The van der Waals surface area contributed by atoms with E-state index in [1.54, 1.807) is 18.2 Å². The van der Waals surface area contributed by atoms with Crippen LogP contribution in [0.4, 0.5) is 17.1 Å². The Hall–Kier alpha value is -3.74. The molecule has 5 rings (SSSR count). The first-order valence-corrected chi connectivity index (χ1v) is 13.9. The molecule has 2 fully saturated rings. The minimum atomic E-state index is -0.330. The minimum Gasteiger partial charge on any atom is -0.459 e. The van der Waals surface area contributed by atoms with E-state index < -0.39 is 0 Å². The van der Waals surface area contributed by atoms with Crippen molar-refractivity contribution < 1.29 is 14.0 Å². The highest BCUT2D eigenvalue weighted by molar-refractivity contribution is 6.05. The maximum atomic E-state index is 13.0. The van der Waals surface area contributed by atoms with Crippen LogP contribution in [0.2, 0.25) is 0 Å². The maximum Gasteiger partial charge on any atom is 0.291 e. The van der Waals surface area contributed by atoms with Gasteiger partial charge in [-0.2, -0.15) is 0 Å². The van der Waals surface area contributed by atoms with E-state index in [9.17, 15) is 9.59 Å². The van der Waals surface area contributed by atoms with Crippen molar-refractivity contribution in [2.75, 3.05) is 47.8 Å². The zero-order valence-corrected chi connectivity index (χ0v) is 22.2. The molecule has 0 bridgehead atoms. The van der Waals surface area contributed by atoms with Crippen molar-refractivity contribution in [2.24, 2.45) is 5.92 Å². The van der Waals surface area contributed by atoms with Crippen LogP contribution in [0.5, 0.6) is 0 Å². The summed E-state index contributed by atoms with van der Waals surface area (Å²) >= 11 is 0. The maximum absolute atomic E-state index is 13.0. The lowest BCUT2D eigenvalue weighted by atomic mass is 10.0. The van der Waals surface area contributed by atoms with E-state index in [1.807, 2.05) is 12.1 Å². The van der Waals surface area contributed by atoms with Crippen molar-refractivity contribution >= 4 is 28.9 Å². The fourth-order valence-electron chi connectivity index (χ4n) is 5.75. The van der Waals surface area contributed by atoms with Gasteiger partial charge in [0.25, 0.3) is 11.8 Å². The van der Waals surface area contributed by atoms with Crippen molar-refractivity contribution in [2.45, 2.75) is 45.4 Å². The highest BCUT2D eigenvalue weighted by Gasteiger charge is 2.23. The second-order valence-electron chi connectivity index (χ2n) is 10.5. The lowest BCUT2D eigenvalue weighted by molar-refractivity contribution is 0.0950. The smallest absolute Gasteiger partial charge is 0.291 e. The lowest BCUT2D eigenvalue weighted by Gasteiger charge is -2.38. The summed E-state index contributed by atoms with van der Waals surface area (Å²) in [5, 5.41) is 6.06. The Morgan fingerprint density at radius 2 is 1.63 bits per heavy atom. The van der Waals surface area contributed by atoms with Gasteiger partial charge < -0.3 is 24.9 Å². The number of nitrogens with zero attached hydrogens (tertiary/aromatic N) is 2. The third kappa shape index (κ3) is 6.21. The zero-order valence-electron chi connectivity index (χ0n) is 22.2. The van der Waals surface area contributed by atoms with Crippen LogP contribution in [-0.4, -0.2) is 44.5 Å². The number of benzene rings is 2. The first-order chi connectivity index (χ1) is 18.6. The van der Waals surface area contributed by atoms with Crippen LogP contribution in [0.15, 0.2) is 65.3 Å². The van der Waals surface area contributed by atoms with E-state index in [4.69, 9.17) is 4.42 Å². The molecule has 2 amide bonds. The van der Waals surface area contributed by atoms with Crippen LogP contribution in [0.1, 0.15) is 65.0 Å². The minimum absolute atomic E-state index is 0.110. The molecule has 7 nitrogen and oxygen atoms in total. The Bertz CT molecular complexity index is 1230. The second kappa shape index (κ2) is 12.2. The molecule has 1 aliphatic heterocycles. The summed E-state index contributed by atoms with van der Waals surface area (Å²) in [6.07, 6.45) is 9.00. The summed E-state index contributed by atoms with van der Waals surface area (Å²) in [6, 6.07) is 17.4. The SMILES string of the molecule is Cc1ccccc1N1CCN(c2ccc(C(=O)NCCCC3CCCC3)cc2NC(=O)c2ccco2)CC1. The molecule has 2 heterocycles. The zero-order chi connectivity index (χ0) is 26.3. The fraction of sp³-hybridized carbons (Fsp3) is 0.419. The Morgan fingerprint density at radius 1 is 0.895 bits per heavy atom. The predicted molar refractivity (Wildman–Crippen MR) is 152 cm³/mol. The molecule has 3 aromatic rings. The molecule has 1 saturated heterocycles. The van der Waals surface area contributed by atoms with Crippen molar-refractivity contribution in [1.82, 2.24) is 5.32 Å². The number of rotatable bonds is 9. The fourth-order valence-corrected chi connectivity index (χ4v) is 5.75. The molecule has 2 aliphatic rings. The van der Waals surface area contributed by atoms with Gasteiger partial charge in [0, 0.05) is 44.0 Å². The highest BCUT2D eigenvalue weighted by Crippen LogP contribution is 2.31. The van der Waals surface area contributed by atoms with E-state index in [2.05, 4.69) is 51.6 Å². The Labute approximate surface area is 225 Å². The van der Waals surface area contributed by atoms with Crippen molar-refractivity contribution in [3.63, 3.8) is 0 Å². The molecule has 0 unspecified atom stereocenters. The molecule has 1 aliphatic carbocycles. The van der Waals surface area contributed by atoms with Gasteiger partial charge in [-0.1, -0.05) is 43.9 Å². The molecule has 38 heavy (non-hydrogen) atoms. The highest BCUT2D eigenvalue weighted by atomic mass is 16.3. The summed E-state index contributed by atoms with van der Waals surface area (Å²) in [5.41, 5.74) is 4.61. The molecule has 7 heteroatoms. The van der Waals surface area contributed by atoms with Crippen LogP contribution in [0.3, 0.4) is 0 Å². The third-order valence-corrected chi connectivity index (χ3v) is 7.88. The van der Waals surface area contributed by atoms with Crippen molar-refractivity contribution in [3.05, 3.63) is 77.7 Å². The van der Waals surface area contributed by atoms with Gasteiger partial charge >= 0.3 is 0 Å². The van der Waals surface area contributed by atoms with Gasteiger partial charge in [0.2, 0.25) is 0 Å². The molecular formula is C31H38N4O3. The summed E-state index contributed by atoms with van der Waals surface area (Å²) in [7, 11) is 0. The number of nitrogens with one attached hydrogen (secondary N) is 2. The Kier molecular flexibility index (Phi) is 8.31. The van der Waals surface area contributed by atoms with Crippen LogP contribution < -0.4 is 20.4 Å². The molecule has 200 valence electrons. The van der Waals surface area contributed by atoms with Gasteiger partial charge in [-0.05, 0) is 67.6 Å². The topological polar surface area (TPSA) is 77.8 Å². The predicted octanol–water partition coefficient (Wildman–Crippen LogP) is 5.87. The van der Waals surface area contributed by atoms with E-state index >= 15 is 0 Å². The standard InChI is InChI=1S/C31H38N4O3/c1-23-8-2-5-12-27(23)34-17-19-35(20-18-34)28-15-14-25(22-26(28)33-31(37)29-13-7-21-38-29)30(36)32-16-6-11-24-9-3-4-10-24/h2,5,7-8,12-15,21-22,24H,3-4,6,9-11,16-20H2,1H3,(H,32,36)(H,33,37). The molecule has 0 atom stereocenters. The average Bonchev–Trinajstić information content (AvgIpc) is 3.67. The number of amides is 2. The lowest BCUT2D eigenvalue weighted by Crippen LogP contribution is -2.47. The number of hydrogen-bond donors (Lipinski definition) is 2. The van der Waals surface area contributed by atoms with E-state index in [-0.39, 0.29) is 17.6 Å². The Balaban J connectivity index is 1.27. The summed E-state index contributed by atoms with van der Waals surface area (Å²) in [6.45, 7) is 6.18.